The highest BCUT2D eigenvalue weighted by atomic mass is 32.2. The van der Waals surface area contributed by atoms with Crippen LogP contribution in [0.4, 0.5) is 0 Å². The predicted molar refractivity (Wildman–Crippen MR) is 105 cm³/mol. The Morgan fingerprint density at radius 3 is 2.59 bits per heavy atom. The normalized spacial score (nSPS) is 11.6. The van der Waals surface area contributed by atoms with Crippen molar-refractivity contribution in [2.24, 2.45) is 0 Å². The molecule has 0 saturated heterocycles. The Balaban J connectivity index is 1.48. The summed E-state index contributed by atoms with van der Waals surface area (Å²) in [6, 6.07) is 16.1. The van der Waals surface area contributed by atoms with E-state index in [1.165, 1.54) is 0 Å². The van der Waals surface area contributed by atoms with Crippen LogP contribution < -0.4 is 4.72 Å². The largest absolute Gasteiger partial charge is 0.255 e. The maximum atomic E-state index is 12.6. The van der Waals surface area contributed by atoms with Crippen molar-refractivity contribution < 1.29 is 8.42 Å². The van der Waals surface area contributed by atoms with E-state index in [4.69, 9.17) is 0 Å². The SMILES string of the molecule is O=S(=O)(NCc1ccnc(-c2cccs2)c1)c1ccc(-n2cccn2)cc1. The van der Waals surface area contributed by atoms with E-state index < -0.39 is 10.0 Å². The second-order valence-electron chi connectivity index (χ2n) is 5.80. The van der Waals surface area contributed by atoms with Crippen LogP contribution in [0.25, 0.3) is 16.3 Å². The maximum absolute atomic E-state index is 12.6. The highest BCUT2D eigenvalue weighted by Gasteiger charge is 2.14. The van der Waals surface area contributed by atoms with Crippen LogP contribution in [0.15, 0.2) is 83.5 Å². The molecule has 0 amide bonds. The van der Waals surface area contributed by atoms with E-state index in [2.05, 4.69) is 14.8 Å². The van der Waals surface area contributed by atoms with Crippen LogP contribution in [0, 0.1) is 0 Å². The molecule has 4 rings (SSSR count). The molecule has 3 aromatic heterocycles. The number of sulfonamides is 1. The van der Waals surface area contributed by atoms with Crippen LogP contribution in [0.3, 0.4) is 0 Å². The zero-order chi connectivity index (χ0) is 18.7. The van der Waals surface area contributed by atoms with Crippen LogP contribution in [-0.2, 0) is 16.6 Å². The molecule has 8 heteroatoms. The molecule has 0 atom stereocenters. The lowest BCUT2D eigenvalue weighted by Crippen LogP contribution is -2.23. The Morgan fingerprint density at radius 2 is 1.89 bits per heavy atom. The third-order valence-corrected chi connectivity index (χ3v) is 6.29. The molecule has 0 unspecified atom stereocenters. The summed E-state index contributed by atoms with van der Waals surface area (Å²) in [5.74, 6) is 0. The number of nitrogens with one attached hydrogen (secondary N) is 1. The minimum Gasteiger partial charge on any atom is -0.255 e. The van der Waals surface area contributed by atoms with Gasteiger partial charge in [-0.3, -0.25) is 4.98 Å². The van der Waals surface area contributed by atoms with E-state index in [0.29, 0.717) is 0 Å². The molecule has 0 fully saturated rings. The fraction of sp³-hybridized carbons (Fsp3) is 0.0526. The molecule has 136 valence electrons. The van der Waals surface area contributed by atoms with E-state index in [-0.39, 0.29) is 11.4 Å². The van der Waals surface area contributed by atoms with Crippen molar-refractivity contribution in [2.75, 3.05) is 0 Å². The number of pyridine rings is 1. The fourth-order valence-electron chi connectivity index (χ4n) is 2.60. The molecule has 0 aliphatic rings. The molecule has 0 bridgehead atoms. The van der Waals surface area contributed by atoms with Crippen LogP contribution in [0.5, 0.6) is 0 Å². The number of nitrogens with zero attached hydrogens (tertiary/aromatic N) is 3. The summed E-state index contributed by atoms with van der Waals surface area (Å²) < 4.78 is 29.5. The van der Waals surface area contributed by atoms with Gasteiger partial charge >= 0.3 is 0 Å². The van der Waals surface area contributed by atoms with Crippen molar-refractivity contribution in [3.63, 3.8) is 0 Å². The smallest absolute Gasteiger partial charge is 0.240 e. The average molecular weight is 396 g/mol. The molecule has 0 saturated carbocycles. The van der Waals surface area contributed by atoms with Crippen LogP contribution in [0.1, 0.15) is 5.56 Å². The van der Waals surface area contributed by atoms with Crippen molar-refractivity contribution in [3.8, 4) is 16.3 Å². The molecule has 6 nitrogen and oxygen atoms in total. The zero-order valence-corrected chi connectivity index (χ0v) is 15.8. The summed E-state index contributed by atoms with van der Waals surface area (Å²) in [7, 11) is -3.61. The number of hydrogen-bond donors (Lipinski definition) is 1. The van der Waals surface area contributed by atoms with Gasteiger partial charge < -0.3 is 0 Å². The van der Waals surface area contributed by atoms with Gasteiger partial charge in [-0.2, -0.15) is 5.10 Å². The van der Waals surface area contributed by atoms with Crippen molar-refractivity contribution in [1.82, 2.24) is 19.5 Å². The molecule has 4 aromatic rings. The van der Waals surface area contributed by atoms with Crippen LogP contribution >= 0.6 is 11.3 Å². The lowest BCUT2D eigenvalue weighted by molar-refractivity contribution is 0.581. The quantitative estimate of drug-likeness (QED) is 0.541. The molecule has 0 aliphatic heterocycles. The Labute approximate surface area is 161 Å². The summed E-state index contributed by atoms with van der Waals surface area (Å²) in [6.07, 6.45) is 5.17. The standard InChI is InChI=1S/C19H16N4O2S2/c24-27(25,17-6-4-16(5-7-17)23-11-2-9-21-23)22-14-15-8-10-20-18(13-15)19-3-1-12-26-19/h1-13,22H,14H2. The molecule has 1 N–H and O–H groups in total. The van der Waals surface area contributed by atoms with E-state index >= 15 is 0 Å². The number of benzene rings is 1. The minimum atomic E-state index is -3.61. The average Bonchev–Trinajstić information content (AvgIpc) is 3.41. The van der Waals surface area contributed by atoms with Gasteiger partial charge in [-0.1, -0.05) is 6.07 Å². The summed E-state index contributed by atoms with van der Waals surface area (Å²) in [5.41, 5.74) is 2.49. The van der Waals surface area contributed by atoms with Gasteiger partial charge in [0.15, 0.2) is 0 Å². The van der Waals surface area contributed by atoms with Crippen molar-refractivity contribution >= 4 is 21.4 Å². The number of rotatable bonds is 6. The van der Waals surface area contributed by atoms with E-state index in [1.54, 1.807) is 64.9 Å². The Kier molecular flexibility index (Phi) is 4.85. The Hall–Kier alpha value is -2.81. The van der Waals surface area contributed by atoms with Gasteiger partial charge in [0.25, 0.3) is 0 Å². The third kappa shape index (κ3) is 3.97. The maximum Gasteiger partial charge on any atom is 0.240 e. The molecule has 27 heavy (non-hydrogen) atoms. The van der Waals surface area contributed by atoms with E-state index in [0.717, 1.165) is 21.8 Å². The first kappa shape index (κ1) is 17.6. The summed E-state index contributed by atoms with van der Waals surface area (Å²) in [6.45, 7) is 0.199. The Morgan fingerprint density at radius 1 is 1.04 bits per heavy atom. The summed E-state index contributed by atoms with van der Waals surface area (Å²) in [4.78, 5) is 5.61. The van der Waals surface area contributed by atoms with Gasteiger partial charge in [0, 0.05) is 25.1 Å². The highest BCUT2D eigenvalue weighted by molar-refractivity contribution is 7.89. The van der Waals surface area contributed by atoms with Crippen molar-refractivity contribution in [3.05, 3.63) is 84.1 Å². The topological polar surface area (TPSA) is 76.9 Å². The highest BCUT2D eigenvalue weighted by Crippen LogP contribution is 2.23. The van der Waals surface area contributed by atoms with Crippen LogP contribution in [-0.4, -0.2) is 23.2 Å². The molecular weight excluding hydrogens is 380 g/mol. The van der Waals surface area contributed by atoms with E-state index in [1.807, 2.05) is 29.6 Å². The second-order valence-corrected chi connectivity index (χ2v) is 8.51. The van der Waals surface area contributed by atoms with Crippen molar-refractivity contribution in [2.45, 2.75) is 11.4 Å². The van der Waals surface area contributed by atoms with Gasteiger partial charge in [0.2, 0.25) is 10.0 Å². The third-order valence-electron chi connectivity index (χ3n) is 3.98. The molecule has 0 spiro atoms. The molecular formula is C19H16N4O2S2. The lowest BCUT2D eigenvalue weighted by Gasteiger charge is -2.09. The molecule has 3 heterocycles. The zero-order valence-electron chi connectivity index (χ0n) is 14.2. The van der Waals surface area contributed by atoms with Crippen LogP contribution in [0.2, 0.25) is 0 Å². The van der Waals surface area contributed by atoms with Gasteiger partial charge in [-0.05, 0) is 59.5 Å². The number of aromatic nitrogens is 3. The second kappa shape index (κ2) is 7.43. The van der Waals surface area contributed by atoms with Gasteiger partial charge in [-0.25, -0.2) is 17.8 Å². The van der Waals surface area contributed by atoms with Crippen molar-refractivity contribution in [1.29, 1.82) is 0 Å². The first-order valence-electron chi connectivity index (χ1n) is 8.20. The number of thiophene rings is 1. The lowest BCUT2D eigenvalue weighted by atomic mass is 10.2. The number of hydrogen-bond acceptors (Lipinski definition) is 5. The molecule has 0 aliphatic carbocycles. The fourth-order valence-corrected chi connectivity index (χ4v) is 4.32. The monoisotopic (exact) mass is 396 g/mol. The molecule has 1 aromatic carbocycles. The first-order chi connectivity index (χ1) is 13.1. The van der Waals surface area contributed by atoms with Gasteiger partial charge in [0.05, 0.1) is 21.2 Å². The first-order valence-corrected chi connectivity index (χ1v) is 10.6. The summed E-state index contributed by atoms with van der Waals surface area (Å²) >= 11 is 1.60. The Bertz CT molecular complexity index is 1120. The summed E-state index contributed by atoms with van der Waals surface area (Å²) in [5, 5.41) is 6.12. The van der Waals surface area contributed by atoms with Gasteiger partial charge in [-0.15, -0.1) is 11.3 Å². The molecule has 0 radical (unpaired) electrons. The predicted octanol–water partition coefficient (Wildman–Crippen LogP) is 3.47. The van der Waals surface area contributed by atoms with E-state index in [9.17, 15) is 8.42 Å². The van der Waals surface area contributed by atoms with Gasteiger partial charge in [0.1, 0.15) is 0 Å². The minimum absolute atomic E-state index is 0.199.